The van der Waals surface area contributed by atoms with Crippen LogP contribution >= 0.6 is 12.4 Å². The van der Waals surface area contributed by atoms with Gasteiger partial charge in [0, 0.05) is 24.8 Å². The lowest BCUT2D eigenvalue weighted by atomic mass is 10.1. The Labute approximate surface area is 162 Å². The lowest BCUT2D eigenvalue weighted by Gasteiger charge is -2.25. The number of aromatic nitrogens is 3. The third-order valence-corrected chi connectivity index (χ3v) is 5.04. The summed E-state index contributed by atoms with van der Waals surface area (Å²) in [6, 6.07) is 14.4. The summed E-state index contributed by atoms with van der Waals surface area (Å²) in [5.41, 5.74) is 10.6. The van der Waals surface area contributed by atoms with Crippen LogP contribution in [0.5, 0.6) is 0 Å². The van der Waals surface area contributed by atoms with Gasteiger partial charge in [-0.25, -0.2) is 9.97 Å². The van der Waals surface area contributed by atoms with E-state index in [2.05, 4.69) is 15.6 Å². The van der Waals surface area contributed by atoms with Crippen molar-refractivity contribution in [3.8, 4) is 11.5 Å². The number of benzene rings is 2. The first-order valence-corrected chi connectivity index (χ1v) is 8.98. The summed E-state index contributed by atoms with van der Waals surface area (Å²) in [4.78, 5) is 9.36. The van der Waals surface area contributed by atoms with Crippen LogP contribution in [-0.2, 0) is 11.3 Å². The predicted octanol–water partition coefficient (Wildman–Crippen LogP) is 4.08. The Kier molecular flexibility index (Phi) is 4.86. The molecule has 3 heterocycles. The maximum Gasteiger partial charge on any atom is 0.227 e. The van der Waals surface area contributed by atoms with Crippen molar-refractivity contribution in [3.05, 3.63) is 48.3 Å². The van der Waals surface area contributed by atoms with Crippen LogP contribution in [0.4, 0.5) is 0 Å². The van der Waals surface area contributed by atoms with E-state index in [0.717, 1.165) is 59.6 Å². The molecule has 2 aromatic heterocycles. The number of ether oxygens (including phenoxy) is 1. The summed E-state index contributed by atoms with van der Waals surface area (Å²) in [6.07, 6.45) is 1.98. The zero-order valence-corrected chi connectivity index (χ0v) is 15.6. The van der Waals surface area contributed by atoms with Crippen molar-refractivity contribution < 1.29 is 9.15 Å². The molecule has 1 aliphatic heterocycles. The Morgan fingerprint density at radius 3 is 2.63 bits per heavy atom. The van der Waals surface area contributed by atoms with Crippen LogP contribution in [0, 0.1) is 0 Å². The van der Waals surface area contributed by atoms with Gasteiger partial charge in [-0.15, -0.1) is 12.4 Å². The maximum atomic E-state index is 5.98. The first-order valence-electron chi connectivity index (χ1n) is 8.98. The zero-order chi connectivity index (χ0) is 17.5. The lowest BCUT2D eigenvalue weighted by molar-refractivity contribution is 0.0699. The minimum absolute atomic E-state index is 0. The predicted molar refractivity (Wildman–Crippen MR) is 107 cm³/mol. The monoisotopic (exact) mass is 384 g/mol. The van der Waals surface area contributed by atoms with Gasteiger partial charge in [0.15, 0.2) is 5.58 Å². The van der Waals surface area contributed by atoms with E-state index >= 15 is 0 Å². The number of halogens is 1. The van der Waals surface area contributed by atoms with E-state index in [-0.39, 0.29) is 12.4 Å². The molecule has 0 saturated carbocycles. The lowest BCUT2D eigenvalue weighted by Crippen LogP contribution is -2.22. The fourth-order valence-electron chi connectivity index (χ4n) is 3.77. The summed E-state index contributed by atoms with van der Waals surface area (Å²) in [7, 11) is 0. The number of hydrogen-bond acceptors (Lipinski definition) is 5. The van der Waals surface area contributed by atoms with Gasteiger partial charge in [-0.1, -0.05) is 12.1 Å². The van der Waals surface area contributed by atoms with Crippen molar-refractivity contribution in [1.82, 2.24) is 14.5 Å². The molecule has 5 rings (SSSR count). The van der Waals surface area contributed by atoms with Gasteiger partial charge in [0.25, 0.3) is 0 Å². The number of nitrogens with two attached hydrogens (primary N) is 1. The van der Waals surface area contributed by atoms with Gasteiger partial charge in [0.1, 0.15) is 11.3 Å². The van der Waals surface area contributed by atoms with Gasteiger partial charge >= 0.3 is 0 Å². The number of oxazole rings is 1. The fourth-order valence-corrected chi connectivity index (χ4v) is 3.77. The molecule has 27 heavy (non-hydrogen) atoms. The molecule has 0 radical (unpaired) electrons. The SMILES string of the molecule is Cl.NCc1nc2cc(-c3nc4ccccc4o3)ccc2n1C1CCOCC1. The van der Waals surface area contributed by atoms with Crippen molar-refractivity contribution in [2.45, 2.75) is 25.4 Å². The van der Waals surface area contributed by atoms with E-state index in [0.29, 0.717) is 18.5 Å². The number of para-hydroxylation sites is 2. The molecule has 0 spiro atoms. The first kappa shape index (κ1) is 18.0. The minimum Gasteiger partial charge on any atom is -0.436 e. The van der Waals surface area contributed by atoms with Gasteiger partial charge in [0.2, 0.25) is 5.89 Å². The van der Waals surface area contributed by atoms with E-state index in [1.807, 2.05) is 36.4 Å². The molecular weight excluding hydrogens is 364 g/mol. The first-order chi connectivity index (χ1) is 12.8. The normalized spacial score (nSPS) is 15.3. The van der Waals surface area contributed by atoms with Crippen LogP contribution in [0.1, 0.15) is 24.7 Å². The summed E-state index contributed by atoms with van der Waals surface area (Å²) < 4.78 is 13.7. The zero-order valence-electron chi connectivity index (χ0n) is 14.8. The molecule has 1 aliphatic rings. The molecule has 1 saturated heterocycles. The molecule has 140 valence electrons. The topological polar surface area (TPSA) is 79.1 Å². The number of rotatable bonds is 3. The van der Waals surface area contributed by atoms with Crippen molar-refractivity contribution in [2.75, 3.05) is 13.2 Å². The molecule has 0 aliphatic carbocycles. The average molecular weight is 385 g/mol. The van der Waals surface area contributed by atoms with Crippen LogP contribution in [0.25, 0.3) is 33.6 Å². The van der Waals surface area contributed by atoms with Crippen LogP contribution in [0.3, 0.4) is 0 Å². The molecule has 0 bridgehead atoms. The van der Waals surface area contributed by atoms with Gasteiger partial charge in [-0.05, 0) is 43.2 Å². The molecule has 0 atom stereocenters. The quantitative estimate of drug-likeness (QED) is 0.575. The van der Waals surface area contributed by atoms with E-state index in [4.69, 9.17) is 19.9 Å². The van der Waals surface area contributed by atoms with Gasteiger partial charge in [-0.2, -0.15) is 0 Å². The standard InChI is InChI=1S/C20H20N4O2.ClH/c21-12-19-22-16-11-13(20-23-15-3-1-2-4-18(15)26-20)5-6-17(16)24(19)14-7-9-25-10-8-14;/h1-6,11,14H,7-10,12,21H2;1H. The molecule has 6 nitrogen and oxygen atoms in total. The van der Waals surface area contributed by atoms with Crippen LogP contribution in [-0.4, -0.2) is 27.7 Å². The Morgan fingerprint density at radius 1 is 1.04 bits per heavy atom. The summed E-state index contributed by atoms with van der Waals surface area (Å²) >= 11 is 0. The summed E-state index contributed by atoms with van der Waals surface area (Å²) in [5.74, 6) is 1.53. The highest BCUT2D eigenvalue weighted by atomic mass is 35.5. The second-order valence-corrected chi connectivity index (χ2v) is 6.64. The molecule has 2 N–H and O–H groups in total. The number of imidazole rings is 1. The third kappa shape index (κ3) is 3.10. The van der Waals surface area contributed by atoms with Crippen molar-refractivity contribution >= 4 is 34.5 Å². The number of fused-ring (bicyclic) bond motifs is 2. The second-order valence-electron chi connectivity index (χ2n) is 6.64. The maximum absolute atomic E-state index is 5.98. The van der Waals surface area contributed by atoms with Crippen LogP contribution in [0.2, 0.25) is 0 Å². The molecule has 7 heteroatoms. The van der Waals surface area contributed by atoms with Gasteiger partial charge in [0.05, 0.1) is 17.6 Å². The molecule has 0 unspecified atom stereocenters. The minimum atomic E-state index is 0. The van der Waals surface area contributed by atoms with E-state index in [9.17, 15) is 0 Å². The number of hydrogen-bond donors (Lipinski definition) is 1. The highest BCUT2D eigenvalue weighted by Gasteiger charge is 2.21. The summed E-state index contributed by atoms with van der Waals surface area (Å²) in [5, 5.41) is 0. The van der Waals surface area contributed by atoms with Crippen LogP contribution < -0.4 is 5.73 Å². The Balaban J connectivity index is 0.00000180. The van der Waals surface area contributed by atoms with Crippen molar-refractivity contribution in [1.29, 1.82) is 0 Å². The van der Waals surface area contributed by atoms with Crippen molar-refractivity contribution in [3.63, 3.8) is 0 Å². The number of nitrogens with zero attached hydrogens (tertiary/aromatic N) is 3. The van der Waals surface area contributed by atoms with Gasteiger partial charge < -0.3 is 19.5 Å². The Morgan fingerprint density at radius 2 is 1.85 bits per heavy atom. The molecule has 4 aromatic rings. The van der Waals surface area contributed by atoms with E-state index in [1.165, 1.54) is 0 Å². The Hall–Kier alpha value is -2.41. The molecule has 1 fully saturated rings. The summed E-state index contributed by atoms with van der Waals surface area (Å²) in [6.45, 7) is 1.99. The van der Waals surface area contributed by atoms with E-state index in [1.54, 1.807) is 0 Å². The Bertz CT molecular complexity index is 1050. The highest BCUT2D eigenvalue weighted by molar-refractivity contribution is 5.85. The van der Waals surface area contributed by atoms with Crippen molar-refractivity contribution in [2.24, 2.45) is 5.73 Å². The molecular formula is C20H21ClN4O2. The molecule has 2 aromatic carbocycles. The second kappa shape index (κ2) is 7.31. The van der Waals surface area contributed by atoms with Gasteiger partial charge in [-0.3, -0.25) is 0 Å². The fraction of sp³-hybridized carbons (Fsp3) is 0.300. The van der Waals surface area contributed by atoms with Crippen LogP contribution in [0.15, 0.2) is 46.9 Å². The molecule has 0 amide bonds. The smallest absolute Gasteiger partial charge is 0.227 e. The van der Waals surface area contributed by atoms with E-state index < -0.39 is 0 Å². The highest BCUT2D eigenvalue weighted by Crippen LogP contribution is 2.31. The third-order valence-electron chi connectivity index (χ3n) is 5.04. The largest absolute Gasteiger partial charge is 0.436 e. The average Bonchev–Trinajstić information content (AvgIpc) is 3.29.